The Morgan fingerprint density at radius 3 is 2.97 bits per heavy atom. The second-order valence-corrected chi connectivity index (χ2v) is 7.69. The van der Waals surface area contributed by atoms with E-state index in [2.05, 4.69) is 30.8 Å². The largest absolute Gasteiger partial charge is 0.379 e. The highest BCUT2D eigenvalue weighted by molar-refractivity contribution is 6.31. The molecule has 0 aliphatic carbocycles. The number of imidazole rings is 1. The Morgan fingerprint density at radius 1 is 1.40 bits per heavy atom. The maximum absolute atomic E-state index is 13.4. The Hall–Kier alpha value is -2.62. The lowest BCUT2D eigenvalue weighted by molar-refractivity contribution is -0.111. The minimum atomic E-state index is -0.534. The zero-order valence-corrected chi connectivity index (χ0v) is 17.4. The molecule has 1 aromatic heterocycles. The summed E-state index contributed by atoms with van der Waals surface area (Å²) >= 11 is 5.81. The van der Waals surface area contributed by atoms with Crippen LogP contribution in [0.2, 0.25) is 5.02 Å². The summed E-state index contributed by atoms with van der Waals surface area (Å²) in [5.41, 5.74) is 1.49. The number of benzene rings is 1. The number of aromatic amines is 1. The van der Waals surface area contributed by atoms with Crippen LogP contribution in [0, 0.1) is 5.82 Å². The zero-order chi connectivity index (χ0) is 21.1. The molecule has 1 saturated heterocycles. The third-order valence-electron chi connectivity index (χ3n) is 5.00. The molecule has 1 aromatic carbocycles. The van der Waals surface area contributed by atoms with Gasteiger partial charge in [-0.25, -0.2) is 4.39 Å². The predicted molar refractivity (Wildman–Crippen MR) is 115 cm³/mol. The number of morpholine rings is 1. The fourth-order valence-corrected chi connectivity index (χ4v) is 3.65. The van der Waals surface area contributed by atoms with Crippen LogP contribution in [0.15, 0.2) is 24.3 Å². The number of H-pyrrole nitrogens is 1. The molecule has 1 fully saturated rings. The molecule has 0 spiro atoms. The maximum atomic E-state index is 13.4. The number of carbonyl (C=O) groups excluding carboxylic acids is 1. The lowest BCUT2D eigenvalue weighted by atomic mass is 10.0. The van der Waals surface area contributed by atoms with Gasteiger partial charge in [0.2, 0.25) is 5.95 Å². The number of nitrogens with zero attached hydrogens (tertiary/aromatic N) is 2. The molecular weight excluding hydrogens is 411 g/mol. The number of carbonyl (C=O) groups is 1. The molecule has 0 bridgehead atoms. The lowest BCUT2D eigenvalue weighted by Gasteiger charge is -2.26. The molecule has 4 rings (SSSR count). The van der Waals surface area contributed by atoms with Crippen molar-refractivity contribution in [3.8, 4) is 0 Å². The van der Waals surface area contributed by atoms with Crippen LogP contribution in [0.5, 0.6) is 0 Å². The van der Waals surface area contributed by atoms with E-state index in [9.17, 15) is 9.18 Å². The van der Waals surface area contributed by atoms with Crippen LogP contribution in [-0.2, 0) is 9.53 Å². The van der Waals surface area contributed by atoms with Crippen molar-refractivity contribution in [2.45, 2.75) is 13.0 Å². The van der Waals surface area contributed by atoms with Gasteiger partial charge in [0, 0.05) is 37.9 Å². The summed E-state index contributed by atoms with van der Waals surface area (Å²) in [6.45, 7) is 6.92. The van der Waals surface area contributed by atoms with Gasteiger partial charge in [0.1, 0.15) is 5.82 Å². The molecule has 2 aliphatic heterocycles. The minimum absolute atomic E-state index is 0.0468. The van der Waals surface area contributed by atoms with Crippen LogP contribution in [-0.4, -0.2) is 66.2 Å². The fraction of sp³-hybridized carbons (Fsp3) is 0.400. The van der Waals surface area contributed by atoms with Gasteiger partial charge in [-0.15, -0.1) is 0 Å². The van der Waals surface area contributed by atoms with Gasteiger partial charge in [-0.2, -0.15) is 4.98 Å². The van der Waals surface area contributed by atoms with Crippen molar-refractivity contribution in [3.05, 3.63) is 40.8 Å². The average molecular weight is 435 g/mol. The Bertz CT molecular complexity index is 957. The summed E-state index contributed by atoms with van der Waals surface area (Å²) < 4.78 is 18.7. The molecule has 2 aromatic rings. The summed E-state index contributed by atoms with van der Waals surface area (Å²) in [7, 11) is 0. The summed E-state index contributed by atoms with van der Waals surface area (Å²) in [5.74, 6) is 0.350. The van der Waals surface area contributed by atoms with E-state index in [0.717, 1.165) is 39.4 Å². The first-order chi connectivity index (χ1) is 14.5. The summed E-state index contributed by atoms with van der Waals surface area (Å²) in [6, 6.07) is 4.00. The SMILES string of the molecule is CC1C=C(C(=O)Nc2ccc(F)c(Cl)c2)c2[nH]c(NCCN3CCOCC3)nc2N1. The van der Waals surface area contributed by atoms with Crippen molar-refractivity contribution in [2.75, 3.05) is 55.3 Å². The van der Waals surface area contributed by atoms with E-state index in [1.54, 1.807) is 0 Å². The molecule has 10 heteroatoms. The van der Waals surface area contributed by atoms with E-state index in [1.807, 2.05) is 13.0 Å². The number of hydrogen-bond donors (Lipinski definition) is 4. The van der Waals surface area contributed by atoms with Gasteiger partial charge in [0.05, 0.1) is 29.5 Å². The van der Waals surface area contributed by atoms with Gasteiger partial charge in [0.15, 0.2) is 5.82 Å². The molecular formula is C20H24ClFN6O2. The number of hydrogen-bond acceptors (Lipinski definition) is 6. The molecule has 4 N–H and O–H groups in total. The zero-order valence-electron chi connectivity index (χ0n) is 16.6. The number of amides is 1. The molecule has 8 nitrogen and oxygen atoms in total. The van der Waals surface area contributed by atoms with Gasteiger partial charge < -0.3 is 25.7 Å². The summed E-state index contributed by atoms with van der Waals surface area (Å²) in [5, 5.41) is 9.25. The normalized spacial score (nSPS) is 18.9. The minimum Gasteiger partial charge on any atom is -0.379 e. The molecule has 1 amide bonds. The highest BCUT2D eigenvalue weighted by Gasteiger charge is 2.25. The maximum Gasteiger partial charge on any atom is 0.257 e. The molecule has 30 heavy (non-hydrogen) atoms. The predicted octanol–water partition coefficient (Wildman–Crippen LogP) is 2.78. The van der Waals surface area contributed by atoms with Crippen LogP contribution >= 0.6 is 11.6 Å². The number of halogens is 2. The van der Waals surface area contributed by atoms with Gasteiger partial charge in [-0.1, -0.05) is 11.6 Å². The number of fused-ring (bicyclic) bond motifs is 1. The second-order valence-electron chi connectivity index (χ2n) is 7.29. The van der Waals surface area contributed by atoms with Crippen LogP contribution in [0.1, 0.15) is 12.6 Å². The van der Waals surface area contributed by atoms with Gasteiger partial charge >= 0.3 is 0 Å². The second kappa shape index (κ2) is 9.03. The standard InChI is InChI=1S/C20H24ClFN6O2/c1-12-10-14(19(29)25-13-2-3-16(22)15(21)11-13)17-18(24-12)27-20(26-17)23-4-5-28-6-8-30-9-7-28/h2-3,10-12,24H,4-9H2,1H3,(H,25,29)(H2,23,26,27). The average Bonchev–Trinajstić information content (AvgIpc) is 3.13. The van der Waals surface area contributed by atoms with Crippen LogP contribution in [0.4, 0.5) is 21.8 Å². The van der Waals surface area contributed by atoms with Crippen molar-refractivity contribution >= 4 is 40.5 Å². The first-order valence-electron chi connectivity index (χ1n) is 9.88. The van der Waals surface area contributed by atoms with Gasteiger partial charge in [-0.3, -0.25) is 9.69 Å². The van der Waals surface area contributed by atoms with Crippen molar-refractivity contribution in [3.63, 3.8) is 0 Å². The van der Waals surface area contributed by atoms with Crippen LogP contribution in [0.25, 0.3) is 5.57 Å². The number of anilines is 3. The third kappa shape index (κ3) is 4.75. The molecule has 160 valence electrons. The van der Waals surface area contributed by atoms with Gasteiger partial charge in [0.25, 0.3) is 5.91 Å². The molecule has 0 saturated carbocycles. The monoisotopic (exact) mass is 434 g/mol. The molecule has 0 radical (unpaired) electrons. The summed E-state index contributed by atoms with van der Waals surface area (Å²) in [4.78, 5) is 22.9. The van der Waals surface area contributed by atoms with Crippen molar-refractivity contribution in [1.82, 2.24) is 14.9 Å². The lowest BCUT2D eigenvalue weighted by Crippen LogP contribution is -2.39. The van der Waals surface area contributed by atoms with E-state index in [1.165, 1.54) is 18.2 Å². The van der Waals surface area contributed by atoms with Crippen LogP contribution in [0.3, 0.4) is 0 Å². The Labute approximate surface area is 178 Å². The van der Waals surface area contributed by atoms with E-state index < -0.39 is 5.82 Å². The highest BCUT2D eigenvalue weighted by Crippen LogP contribution is 2.30. The first kappa shape index (κ1) is 20.6. The van der Waals surface area contributed by atoms with Crippen molar-refractivity contribution in [1.29, 1.82) is 0 Å². The fourth-order valence-electron chi connectivity index (χ4n) is 3.47. The Balaban J connectivity index is 1.43. The Morgan fingerprint density at radius 2 is 2.20 bits per heavy atom. The van der Waals surface area contributed by atoms with E-state index in [-0.39, 0.29) is 17.0 Å². The smallest absolute Gasteiger partial charge is 0.257 e. The number of rotatable bonds is 6. The first-order valence-corrected chi connectivity index (χ1v) is 10.3. The van der Waals surface area contributed by atoms with Gasteiger partial charge in [-0.05, 0) is 31.2 Å². The number of ether oxygens (including phenoxy) is 1. The van der Waals surface area contributed by atoms with Crippen molar-refractivity contribution in [2.24, 2.45) is 0 Å². The van der Waals surface area contributed by atoms with Crippen molar-refractivity contribution < 1.29 is 13.9 Å². The van der Waals surface area contributed by atoms with E-state index in [0.29, 0.717) is 28.7 Å². The number of aromatic nitrogens is 2. The van der Waals surface area contributed by atoms with Crippen LogP contribution < -0.4 is 16.0 Å². The highest BCUT2D eigenvalue weighted by atomic mass is 35.5. The quantitative estimate of drug-likeness (QED) is 0.558. The molecule has 3 heterocycles. The Kier molecular flexibility index (Phi) is 6.21. The third-order valence-corrected chi connectivity index (χ3v) is 5.29. The molecule has 1 atom stereocenters. The van der Waals surface area contributed by atoms with E-state index in [4.69, 9.17) is 16.3 Å². The topological polar surface area (TPSA) is 94.3 Å². The summed E-state index contributed by atoms with van der Waals surface area (Å²) in [6.07, 6.45) is 1.82. The number of nitrogens with one attached hydrogen (secondary N) is 4. The molecule has 2 aliphatic rings. The van der Waals surface area contributed by atoms with E-state index >= 15 is 0 Å². The molecule has 1 unspecified atom stereocenters.